The first kappa shape index (κ1) is 13.4. The predicted octanol–water partition coefficient (Wildman–Crippen LogP) is 2.03. The Morgan fingerprint density at radius 2 is 1.74 bits per heavy atom. The third-order valence-corrected chi connectivity index (χ3v) is 3.81. The molecule has 1 atom stereocenters. The Kier molecular flexibility index (Phi) is 4.04. The first-order valence-corrected chi connectivity index (χ1v) is 6.53. The lowest BCUT2D eigenvalue weighted by Crippen LogP contribution is -2.37. The molecule has 0 unspecified atom stereocenters. The minimum atomic E-state index is -0.288. The van der Waals surface area contributed by atoms with Crippen LogP contribution in [-0.4, -0.2) is 24.3 Å². The van der Waals surface area contributed by atoms with Gasteiger partial charge in [0, 0.05) is 13.1 Å². The fourth-order valence-corrected chi connectivity index (χ4v) is 2.67. The van der Waals surface area contributed by atoms with Crippen molar-refractivity contribution in [2.75, 3.05) is 18.0 Å². The summed E-state index contributed by atoms with van der Waals surface area (Å²) in [6.45, 7) is 3.39. The topological polar surface area (TPSA) is 71.0 Å². The van der Waals surface area contributed by atoms with E-state index in [0.717, 1.165) is 31.6 Å². The Morgan fingerprint density at radius 1 is 1.21 bits per heavy atom. The Hall–Kier alpha value is -2.04. The number of hydrogen-bond donors (Lipinski definition) is 1. The number of nitrogens with zero attached hydrogens (tertiary/aromatic N) is 3. The van der Waals surface area contributed by atoms with Crippen molar-refractivity contribution < 1.29 is 5.11 Å². The normalized spacial score (nSPS) is 17.6. The van der Waals surface area contributed by atoms with Gasteiger partial charge in [0.2, 0.25) is 0 Å². The summed E-state index contributed by atoms with van der Waals surface area (Å²) in [5.74, 6) is 0.316. The van der Waals surface area contributed by atoms with Crippen molar-refractivity contribution >= 4 is 5.69 Å². The highest BCUT2D eigenvalue weighted by Gasteiger charge is 2.25. The minimum Gasteiger partial charge on any atom is -0.393 e. The number of anilines is 1. The van der Waals surface area contributed by atoms with Crippen LogP contribution in [0.1, 0.15) is 30.9 Å². The van der Waals surface area contributed by atoms with Crippen LogP contribution in [-0.2, 0) is 0 Å². The van der Waals surface area contributed by atoms with Gasteiger partial charge in [0.15, 0.2) is 0 Å². The maximum atomic E-state index is 9.61. The molecule has 1 aliphatic rings. The number of hydrogen-bond acceptors (Lipinski definition) is 4. The highest BCUT2D eigenvalue weighted by molar-refractivity contribution is 5.68. The van der Waals surface area contributed by atoms with E-state index in [2.05, 4.69) is 17.0 Å². The fourth-order valence-electron chi connectivity index (χ4n) is 2.67. The molecule has 1 heterocycles. The van der Waals surface area contributed by atoms with Crippen molar-refractivity contribution in [3.05, 3.63) is 29.3 Å². The van der Waals surface area contributed by atoms with Gasteiger partial charge in [0.1, 0.15) is 12.1 Å². The summed E-state index contributed by atoms with van der Waals surface area (Å²) in [5, 5.41) is 28.0. The molecule has 0 radical (unpaired) electrons. The maximum absolute atomic E-state index is 9.61. The smallest absolute Gasteiger partial charge is 0.101 e. The summed E-state index contributed by atoms with van der Waals surface area (Å²) in [5.41, 5.74) is 1.85. The predicted molar refractivity (Wildman–Crippen MR) is 72.5 cm³/mol. The average molecular weight is 255 g/mol. The van der Waals surface area contributed by atoms with Gasteiger partial charge in [0.05, 0.1) is 22.9 Å². The van der Waals surface area contributed by atoms with E-state index in [1.54, 1.807) is 18.2 Å². The number of para-hydroxylation sites is 1. The van der Waals surface area contributed by atoms with Crippen LogP contribution in [0.15, 0.2) is 18.2 Å². The number of benzene rings is 1. The number of piperidine rings is 1. The second kappa shape index (κ2) is 5.73. The molecule has 1 N–H and O–H groups in total. The third kappa shape index (κ3) is 2.70. The van der Waals surface area contributed by atoms with Gasteiger partial charge in [-0.05, 0) is 37.8 Å². The number of aliphatic hydroxyl groups excluding tert-OH is 1. The van der Waals surface area contributed by atoms with Crippen molar-refractivity contribution in [2.45, 2.75) is 25.9 Å². The SMILES string of the molecule is C[C@@H](O)C1CCN(c2c(C#N)cccc2C#N)CC1. The van der Waals surface area contributed by atoms with Crippen molar-refractivity contribution in [2.24, 2.45) is 5.92 Å². The van der Waals surface area contributed by atoms with Gasteiger partial charge in [-0.2, -0.15) is 10.5 Å². The van der Waals surface area contributed by atoms with Crippen molar-refractivity contribution in [1.82, 2.24) is 0 Å². The Labute approximate surface area is 113 Å². The van der Waals surface area contributed by atoms with Crippen LogP contribution < -0.4 is 4.90 Å². The van der Waals surface area contributed by atoms with Gasteiger partial charge in [-0.3, -0.25) is 0 Å². The van der Waals surface area contributed by atoms with Gasteiger partial charge in [0.25, 0.3) is 0 Å². The standard InChI is InChI=1S/C15H17N3O/c1-11(19)12-5-7-18(8-6-12)15-13(9-16)3-2-4-14(15)10-17/h2-4,11-12,19H,5-8H2,1H3/t11-/m1/s1. The molecule has 1 aliphatic heterocycles. The summed E-state index contributed by atoms with van der Waals surface area (Å²) >= 11 is 0. The molecule has 1 aromatic rings. The summed E-state index contributed by atoms with van der Waals surface area (Å²) < 4.78 is 0. The molecule has 0 aromatic heterocycles. The molecule has 2 rings (SSSR count). The Bertz CT molecular complexity index is 499. The molecule has 98 valence electrons. The molecule has 0 bridgehead atoms. The summed E-state index contributed by atoms with van der Waals surface area (Å²) in [4.78, 5) is 2.09. The van der Waals surface area contributed by atoms with Crippen molar-refractivity contribution in [1.29, 1.82) is 10.5 Å². The first-order valence-electron chi connectivity index (χ1n) is 6.53. The fraction of sp³-hybridized carbons (Fsp3) is 0.467. The molecule has 0 saturated carbocycles. The van der Waals surface area contributed by atoms with E-state index in [9.17, 15) is 15.6 Å². The number of aliphatic hydroxyl groups is 1. The van der Waals surface area contributed by atoms with E-state index < -0.39 is 0 Å². The first-order chi connectivity index (χ1) is 9.17. The molecule has 4 nitrogen and oxygen atoms in total. The van der Waals surface area contributed by atoms with Crippen LogP contribution in [0.2, 0.25) is 0 Å². The monoisotopic (exact) mass is 255 g/mol. The van der Waals surface area contributed by atoms with E-state index in [1.807, 2.05) is 6.92 Å². The van der Waals surface area contributed by atoms with E-state index >= 15 is 0 Å². The zero-order chi connectivity index (χ0) is 13.8. The molecule has 4 heteroatoms. The van der Waals surface area contributed by atoms with Crippen LogP contribution in [0.4, 0.5) is 5.69 Å². The lowest BCUT2D eigenvalue weighted by Gasteiger charge is -2.35. The molecule has 1 aromatic carbocycles. The molecular weight excluding hydrogens is 238 g/mol. The number of nitriles is 2. The molecule has 19 heavy (non-hydrogen) atoms. The summed E-state index contributed by atoms with van der Waals surface area (Å²) in [6, 6.07) is 9.55. The number of rotatable bonds is 2. The molecule has 1 saturated heterocycles. The average Bonchev–Trinajstić information content (AvgIpc) is 2.46. The zero-order valence-electron chi connectivity index (χ0n) is 11.0. The van der Waals surface area contributed by atoms with E-state index in [1.165, 1.54) is 0 Å². The Balaban J connectivity index is 2.25. The van der Waals surface area contributed by atoms with Gasteiger partial charge in [-0.15, -0.1) is 0 Å². The molecule has 0 aliphatic carbocycles. The second-order valence-electron chi connectivity index (χ2n) is 4.99. The van der Waals surface area contributed by atoms with Crippen LogP contribution in [0.25, 0.3) is 0 Å². The van der Waals surface area contributed by atoms with Gasteiger partial charge < -0.3 is 10.0 Å². The molecule has 0 spiro atoms. The third-order valence-electron chi connectivity index (χ3n) is 3.81. The van der Waals surface area contributed by atoms with E-state index in [-0.39, 0.29) is 6.10 Å². The Morgan fingerprint density at radius 3 is 2.16 bits per heavy atom. The largest absolute Gasteiger partial charge is 0.393 e. The quantitative estimate of drug-likeness (QED) is 0.877. The van der Waals surface area contributed by atoms with Crippen LogP contribution in [0.3, 0.4) is 0 Å². The molecule has 0 amide bonds. The molecular formula is C15H17N3O. The zero-order valence-corrected chi connectivity index (χ0v) is 11.0. The van der Waals surface area contributed by atoms with Crippen molar-refractivity contribution in [3.63, 3.8) is 0 Å². The minimum absolute atomic E-state index is 0.288. The van der Waals surface area contributed by atoms with Crippen LogP contribution in [0.5, 0.6) is 0 Å². The second-order valence-corrected chi connectivity index (χ2v) is 4.99. The highest BCUT2D eigenvalue weighted by atomic mass is 16.3. The lowest BCUT2D eigenvalue weighted by atomic mass is 9.91. The van der Waals surface area contributed by atoms with Gasteiger partial charge in [-0.25, -0.2) is 0 Å². The van der Waals surface area contributed by atoms with Gasteiger partial charge >= 0.3 is 0 Å². The van der Waals surface area contributed by atoms with Crippen molar-refractivity contribution in [3.8, 4) is 12.1 Å². The maximum Gasteiger partial charge on any atom is 0.101 e. The van der Waals surface area contributed by atoms with Crippen LogP contribution in [0, 0.1) is 28.6 Å². The summed E-state index contributed by atoms with van der Waals surface area (Å²) in [7, 11) is 0. The van der Waals surface area contributed by atoms with E-state index in [4.69, 9.17) is 0 Å². The summed E-state index contributed by atoms with van der Waals surface area (Å²) in [6.07, 6.45) is 1.49. The molecule has 1 fully saturated rings. The van der Waals surface area contributed by atoms with Crippen LogP contribution >= 0.6 is 0 Å². The van der Waals surface area contributed by atoms with E-state index in [0.29, 0.717) is 17.0 Å². The highest BCUT2D eigenvalue weighted by Crippen LogP contribution is 2.30. The lowest BCUT2D eigenvalue weighted by molar-refractivity contribution is 0.110. The van der Waals surface area contributed by atoms with Gasteiger partial charge in [-0.1, -0.05) is 6.07 Å².